The SMILES string of the molecule is CCCCOC(=O)CC(=O)CSc1cccc(CCOC2CCCCO2)c1. The minimum absolute atomic E-state index is 0.0639. The number of hydrogen-bond donors (Lipinski definition) is 0. The molecule has 0 aliphatic carbocycles. The molecule has 0 radical (unpaired) electrons. The smallest absolute Gasteiger partial charge is 0.313 e. The zero-order chi connectivity index (χ0) is 19.3. The molecule has 1 unspecified atom stereocenters. The average Bonchev–Trinajstić information content (AvgIpc) is 2.68. The molecule has 0 amide bonds. The first-order valence-corrected chi connectivity index (χ1v) is 10.8. The summed E-state index contributed by atoms with van der Waals surface area (Å²) < 4.78 is 16.4. The van der Waals surface area contributed by atoms with Crippen LogP contribution in [-0.2, 0) is 30.2 Å². The lowest BCUT2D eigenvalue weighted by Crippen LogP contribution is -2.23. The number of thioether (sulfide) groups is 1. The number of rotatable bonds is 12. The van der Waals surface area contributed by atoms with Gasteiger partial charge >= 0.3 is 5.97 Å². The van der Waals surface area contributed by atoms with Crippen molar-refractivity contribution in [3.05, 3.63) is 29.8 Å². The van der Waals surface area contributed by atoms with Crippen molar-refractivity contribution in [2.45, 2.75) is 63.1 Å². The fourth-order valence-electron chi connectivity index (χ4n) is 2.70. The van der Waals surface area contributed by atoms with Crippen LogP contribution in [0.15, 0.2) is 29.2 Å². The zero-order valence-corrected chi connectivity index (χ0v) is 16.9. The summed E-state index contributed by atoms with van der Waals surface area (Å²) in [4.78, 5) is 24.5. The van der Waals surface area contributed by atoms with E-state index in [2.05, 4.69) is 12.1 Å². The van der Waals surface area contributed by atoms with E-state index in [1.165, 1.54) is 17.3 Å². The van der Waals surface area contributed by atoms with Gasteiger partial charge in [-0.25, -0.2) is 0 Å². The monoisotopic (exact) mass is 394 g/mol. The molecule has 1 aliphatic heterocycles. The Morgan fingerprint density at radius 3 is 2.93 bits per heavy atom. The van der Waals surface area contributed by atoms with Gasteiger partial charge in [0.1, 0.15) is 6.42 Å². The molecule has 1 aliphatic rings. The molecule has 1 atom stereocenters. The van der Waals surface area contributed by atoms with Crippen LogP contribution in [0.25, 0.3) is 0 Å². The van der Waals surface area contributed by atoms with Crippen molar-refractivity contribution < 1.29 is 23.8 Å². The number of Topliss-reactive ketones (excluding diaryl/α,β-unsaturated/α-hetero) is 1. The van der Waals surface area contributed by atoms with Gasteiger partial charge in [-0.1, -0.05) is 25.5 Å². The third-order valence-corrected chi connectivity index (χ3v) is 5.29. The van der Waals surface area contributed by atoms with Crippen molar-refractivity contribution in [1.29, 1.82) is 0 Å². The van der Waals surface area contributed by atoms with Crippen molar-refractivity contribution in [2.75, 3.05) is 25.6 Å². The largest absolute Gasteiger partial charge is 0.465 e. The molecule has 2 rings (SSSR count). The van der Waals surface area contributed by atoms with Gasteiger partial charge in [-0.05, 0) is 49.8 Å². The topological polar surface area (TPSA) is 61.8 Å². The molecule has 27 heavy (non-hydrogen) atoms. The van der Waals surface area contributed by atoms with E-state index in [0.717, 1.165) is 50.0 Å². The third kappa shape index (κ3) is 9.40. The Morgan fingerprint density at radius 1 is 1.26 bits per heavy atom. The van der Waals surface area contributed by atoms with E-state index in [0.29, 0.717) is 13.2 Å². The van der Waals surface area contributed by atoms with Crippen LogP contribution >= 0.6 is 11.8 Å². The van der Waals surface area contributed by atoms with Crippen LogP contribution in [0.5, 0.6) is 0 Å². The Hall–Kier alpha value is -1.37. The molecule has 0 saturated carbocycles. The Balaban J connectivity index is 1.66. The van der Waals surface area contributed by atoms with Crippen molar-refractivity contribution >= 4 is 23.5 Å². The average molecular weight is 395 g/mol. The first kappa shape index (κ1) is 21.9. The second kappa shape index (κ2) is 12.9. The maximum atomic E-state index is 11.9. The van der Waals surface area contributed by atoms with Gasteiger partial charge in [0.05, 0.1) is 19.0 Å². The van der Waals surface area contributed by atoms with E-state index in [-0.39, 0.29) is 24.2 Å². The molecule has 1 saturated heterocycles. The van der Waals surface area contributed by atoms with E-state index in [4.69, 9.17) is 14.2 Å². The summed E-state index contributed by atoms with van der Waals surface area (Å²) in [5, 5.41) is 0. The Kier molecular flexibility index (Phi) is 10.5. The van der Waals surface area contributed by atoms with Crippen molar-refractivity contribution in [3.8, 4) is 0 Å². The number of benzene rings is 1. The van der Waals surface area contributed by atoms with Gasteiger partial charge in [-0.2, -0.15) is 0 Å². The lowest BCUT2D eigenvalue weighted by molar-refractivity contribution is -0.161. The van der Waals surface area contributed by atoms with Crippen molar-refractivity contribution in [2.24, 2.45) is 0 Å². The Morgan fingerprint density at radius 2 is 2.15 bits per heavy atom. The molecule has 1 heterocycles. The van der Waals surface area contributed by atoms with Gasteiger partial charge in [-0.15, -0.1) is 11.8 Å². The van der Waals surface area contributed by atoms with E-state index in [9.17, 15) is 9.59 Å². The van der Waals surface area contributed by atoms with Crippen LogP contribution in [0, 0.1) is 0 Å². The van der Waals surface area contributed by atoms with Gasteiger partial charge < -0.3 is 14.2 Å². The molecule has 0 N–H and O–H groups in total. The predicted molar refractivity (Wildman–Crippen MR) is 106 cm³/mol. The molecule has 5 nitrogen and oxygen atoms in total. The molecule has 1 aromatic rings. The number of ketones is 1. The molecule has 0 aromatic heterocycles. The highest BCUT2D eigenvalue weighted by atomic mass is 32.2. The fraction of sp³-hybridized carbons (Fsp3) is 0.619. The molecule has 6 heteroatoms. The van der Waals surface area contributed by atoms with E-state index in [1.54, 1.807) is 0 Å². The van der Waals surface area contributed by atoms with Crippen LogP contribution in [0.2, 0.25) is 0 Å². The quantitative estimate of drug-likeness (QED) is 0.229. The van der Waals surface area contributed by atoms with Crippen LogP contribution < -0.4 is 0 Å². The summed E-state index contributed by atoms with van der Waals surface area (Å²) in [5.41, 5.74) is 1.17. The molecule has 0 spiro atoms. The second-order valence-corrected chi connectivity index (χ2v) is 7.69. The van der Waals surface area contributed by atoms with Crippen LogP contribution in [0.3, 0.4) is 0 Å². The number of carbonyl (C=O) groups excluding carboxylic acids is 2. The van der Waals surface area contributed by atoms with Gasteiger partial charge in [0.15, 0.2) is 12.1 Å². The second-order valence-electron chi connectivity index (χ2n) is 6.64. The summed E-state index contributed by atoms with van der Waals surface area (Å²) in [6.45, 7) is 3.84. The highest BCUT2D eigenvalue weighted by Crippen LogP contribution is 2.20. The molecule has 1 fully saturated rings. The molecular formula is C21H30O5S. The number of hydrogen-bond acceptors (Lipinski definition) is 6. The lowest BCUT2D eigenvalue weighted by Gasteiger charge is -2.22. The highest BCUT2D eigenvalue weighted by molar-refractivity contribution is 8.00. The zero-order valence-electron chi connectivity index (χ0n) is 16.1. The first-order chi connectivity index (χ1) is 13.2. The van der Waals surface area contributed by atoms with Gasteiger partial charge in [-0.3, -0.25) is 9.59 Å². The lowest BCUT2D eigenvalue weighted by atomic mass is 10.1. The number of unbranched alkanes of at least 4 members (excludes halogenated alkanes) is 1. The van der Waals surface area contributed by atoms with Gasteiger partial charge in [0.25, 0.3) is 0 Å². The molecule has 150 valence electrons. The van der Waals surface area contributed by atoms with Crippen LogP contribution in [-0.4, -0.2) is 43.6 Å². The van der Waals surface area contributed by atoms with Crippen molar-refractivity contribution in [3.63, 3.8) is 0 Å². The minimum Gasteiger partial charge on any atom is -0.465 e. The molecule has 1 aromatic carbocycles. The number of carbonyl (C=O) groups is 2. The van der Waals surface area contributed by atoms with Crippen molar-refractivity contribution in [1.82, 2.24) is 0 Å². The summed E-state index contributed by atoms with van der Waals surface area (Å²) in [5.74, 6) is -0.256. The van der Waals surface area contributed by atoms with E-state index >= 15 is 0 Å². The molecule has 0 bridgehead atoms. The van der Waals surface area contributed by atoms with Crippen LogP contribution in [0.1, 0.15) is 51.0 Å². The maximum Gasteiger partial charge on any atom is 0.313 e. The van der Waals surface area contributed by atoms with E-state index in [1.807, 2.05) is 19.1 Å². The predicted octanol–water partition coefficient (Wildman–Crippen LogP) is 4.17. The molecular weight excluding hydrogens is 364 g/mol. The maximum absolute atomic E-state index is 11.9. The van der Waals surface area contributed by atoms with Crippen LogP contribution in [0.4, 0.5) is 0 Å². The standard InChI is InChI=1S/C21H30O5S/c1-2-3-11-24-20(23)15-18(22)16-27-19-8-6-7-17(14-19)10-13-26-21-9-4-5-12-25-21/h6-8,14,21H,2-5,9-13,15-16H2,1H3. The highest BCUT2D eigenvalue weighted by Gasteiger charge is 2.14. The fourth-order valence-corrected chi connectivity index (χ4v) is 3.54. The van der Waals surface area contributed by atoms with Gasteiger partial charge in [0.2, 0.25) is 0 Å². The first-order valence-electron chi connectivity index (χ1n) is 9.79. The number of ether oxygens (including phenoxy) is 3. The normalized spacial score (nSPS) is 16.9. The Bertz CT molecular complexity index is 584. The summed E-state index contributed by atoms with van der Waals surface area (Å²) in [7, 11) is 0. The summed E-state index contributed by atoms with van der Waals surface area (Å²) >= 11 is 1.45. The third-order valence-electron chi connectivity index (χ3n) is 4.23. The summed E-state index contributed by atoms with van der Waals surface area (Å²) in [6.07, 6.45) is 5.65. The minimum atomic E-state index is -0.426. The van der Waals surface area contributed by atoms with Gasteiger partial charge in [0, 0.05) is 11.5 Å². The number of esters is 1. The van der Waals surface area contributed by atoms with E-state index < -0.39 is 5.97 Å². The Labute approximate surface area is 166 Å². The summed E-state index contributed by atoms with van der Waals surface area (Å²) in [6, 6.07) is 8.09.